The molecule has 3 aliphatic heterocycles. The first-order chi connectivity index (χ1) is 31.6. The Hall–Kier alpha value is -9.43. The second-order valence-corrected chi connectivity index (χ2v) is 14.8. The number of aromatic hydroxyl groups is 13. The first-order valence-corrected chi connectivity index (χ1v) is 18.7. The summed E-state index contributed by atoms with van der Waals surface area (Å²) in [6, 6.07) is 2.43. The molecule has 0 unspecified atom stereocenters. The number of benzene rings is 5. The van der Waals surface area contributed by atoms with E-state index in [1.54, 1.807) is 0 Å². The predicted molar refractivity (Wildman–Crippen MR) is 209 cm³/mol. The molecule has 0 saturated carbocycles. The molecule has 5 atom stereocenters. The molecule has 26 heteroatoms. The highest BCUT2D eigenvalue weighted by molar-refractivity contribution is 6.19. The van der Waals surface area contributed by atoms with Crippen molar-refractivity contribution < 1.29 is 124 Å². The summed E-state index contributed by atoms with van der Waals surface area (Å²) >= 11 is 0. The molecule has 1 saturated heterocycles. The smallest absolute Gasteiger partial charge is 0.344 e. The standard InChI is InChI=1S/C41H26O26/c42-12-1-7-18(26(51)22(12)47)19-8(2-13(43)23(48)27(19)52)39(58)67-35-34(66-38(7)57)32-17(62-41(35)60)6-61-36(55)11-5-14(44)24(49)29(54)30(11)63-31-16(46)4-9-20(28(31)53)21-10(40(59)64-32)3-15(45)25(50)33(21)65-37(9)56/h1-5,17,32,34-35,41-54,60H,6H2/t17-,32+,34-,35-,41-/m0/s1. The van der Waals surface area contributed by atoms with Gasteiger partial charge in [-0.2, -0.15) is 0 Å². The molecular weight excluding hydrogens is 908 g/mol. The van der Waals surface area contributed by atoms with Crippen molar-refractivity contribution >= 4 is 45.6 Å². The number of carbonyl (C=O) groups excluding carboxylic acids is 4. The average Bonchev–Trinajstić information content (AvgIpc) is 3.28. The van der Waals surface area contributed by atoms with Crippen molar-refractivity contribution in [1.29, 1.82) is 0 Å². The molecule has 5 aromatic carbocycles. The Balaban J connectivity index is 1.30. The van der Waals surface area contributed by atoms with Crippen molar-refractivity contribution in [1.82, 2.24) is 0 Å². The fraction of sp³-hybridized carbons (Fsp3) is 0.146. The van der Waals surface area contributed by atoms with E-state index in [2.05, 4.69) is 0 Å². The van der Waals surface area contributed by atoms with Gasteiger partial charge in [-0.15, -0.1) is 0 Å². The Morgan fingerprint density at radius 2 is 0.940 bits per heavy atom. The van der Waals surface area contributed by atoms with E-state index < -0.39 is 208 Å². The van der Waals surface area contributed by atoms with E-state index in [4.69, 9.17) is 32.8 Å². The third-order valence-corrected chi connectivity index (χ3v) is 10.9. The highest BCUT2D eigenvalue weighted by Gasteiger charge is 2.54. The molecular formula is C41H26O26. The van der Waals surface area contributed by atoms with Crippen LogP contribution in [-0.4, -0.2) is 133 Å². The van der Waals surface area contributed by atoms with Crippen LogP contribution >= 0.6 is 0 Å². The largest absolute Gasteiger partial charge is 0.504 e. The number of esters is 4. The number of rotatable bonds is 0. The SMILES string of the molecule is O=C1OC[C@@H]2O[C@H](O)[C@H]3OC(=O)c4cc(O)c(O)c(O)c4-c4c(cc(O)c(O)c4O)C(=O)O[C@H]3[C@@H]2OC(=O)c2cc(O)c(O)c3oc(=O)c4cc(O)c(c(O)c4c23)Oc2c1cc(O)c(O)c2O. The molecule has 3 aliphatic rings. The summed E-state index contributed by atoms with van der Waals surface area (Å²) in [5.41, 5.74) is -8.65. The van der Waals surface area contributed by atoms with E-state index in [0.29, 0.717) is 30.3 Å². The number of cyclic esters (lactones) is 1. The highest BCUT2D eigenvalue weighted by atomic mass is 16.7. The van der Waals surface area contributed by atoms with Gasteiger partial charge in [0.2, 0.25) is 34.5 Å². The van der Waals surface area contributed by atoms with Crippen molar-refractivity contribution in [2.75, 3.05) is 6.61 Å². The zero-order chi connectivity index (χ0) is 48.4. The van der Waals surface area contributed by atoms with Crippen LogP contribution in [0.3, 0.4) is 0 Å². The van der Waals surface area contributed by atoms with Gasteiger partial charge in [-0.25, -0.2) is 24.0 Å². The van der Waals surface area contributed by atoms with Crippen LogP contribution in [0, 0.1) is 0 Å². The monoisotopic (exact) mass is 934 g/mol. The summed E-state index contributed by atoms with van der Waals surface area (Å²) in [5.74, 6) is -26.0. The molecule has 67 heavy (non-hydrogen) atoms. The Morgan fingerprint density at radius 3 is 1.54 bits per heavy atom. The highest BCUT2D eigenvalue weighted by Crippen LogP contribution is 2.55. The van der Waals surface area contributed by atoms with E-state index in [9.17, 15) is 95.5 Å². The van der Waals surface area contributed by atoms with Gasteiger partial charge in [0.25, 0.3) is 0 Å². The zero-order valence-electron chi connectivity index (χ0n) is 32.6. The molecule has 1 fully saturated rings. The van der Waals surface area contributed by atoms with E-state index >= 15 is 0 Å². The third kappa shape index (κ3) is 6.30. The van der Waals surface area contributed by atoms with Crippen LogP contribution < -0.4 is 10.4 Å². The van der Waals surface area contributed by atoms with Crippen molar-refractivity contribution in [3.63, 3.8) is 0 Å². The molecule has 2 bridgehead atoms. The molecule has 26 nitrogen and oxygen atoms in total. The number of carbonyl (C=O) groups is 4. The molecule has 0 radical (unpaired) electrons. The molecule has 0 aliphatic carbocycles. The fourth-order valence-corrected chi connectivity index (χ4v) is 7.77. The van der Waals surface area contributed by atoms with Crippen LogP contribution in [0.1, 0.15) is 41.4 Å². The van der Waals surface area contributed by atoms with E-state index in [0.717, 1.165) is 0 Å². The van der Waals surface area contributed by atoms with Crippen molar-refractivity contribution in [3.8, 4) is 97.4 Å². The number of hydrogen-bond donors (Lipinski definition) is 14. The molecule has 4 heterocycles. The average molecular weight is 935 g/mol. The van der Waals surface area contributed by atoms with Gasteiger partial charge in [-0.05, 0) is 24.3 Å². The van der Waals surface area contributed by atoms with Crippen LogP contribution in [0.2, 0.25) is 0 Å². The summed E-state index contributed by atoms with van der Waals surface area (Å²) in [4.78, 5) is 70.0. The molecule has 14 N–H and O–H groups in total. The minimum atomic E-state index is -2.54. The van der Waals surface area contributed by atoms with E-state index in [1.807, 2.05) is 0 Å². The van der Waals surface area contributed by atoms with Crippen LogP contribution in [0.25, 0.3) is 32.9 Å². The van der Waals surface area contributed by atoms with Gasteiger partial charge in [0.05, 0.1) is 22.1 Å². The maximum atomic E-state index is 14.6. The maximum absolute atomic E-state index is 14.6. The zero-order valence-corrected chi connectivity index (χ0v) is 32.6. The molecule has 9 rings (SSSR count). The van der Waals surface area contributed by atoms with Gasteiger partial charge in [0.15, 0.2) is 81.9 Å². The van der Waals surface area contributed by atoms with Crippen LogP contribution in [-0.2, 0) is 23.7 Å². The van der Waals surface area contributed by atoms with Crippen molar-refractivity contribution in [3.05, 3.63) is 63.0 Å². The Kier molecular flexibility index (Phi) is 9.48. The van der Waals surface area contributed by atoms with Gasteiger partial charge < -0.3 is 104 Å². The summed E-state index contributed by atoms with van der Waals surface area (Å²) in [6.45, 7) is -1.26. The lowest BCUT2D eigenvalue weighted by Gasteiger charge is -2.43. The number of ether oxygens (including phenoxy) is 6. The van der Waals surface area contributed by atoms with Gasteiger partial charge in [0.1, 0.15) is 18.3 Å². The third-order valence-electron chi connectivity index (χ3n) is 10.9. The number of phenols is 13. The number of fused-ring (bicyclic) bond motifs is 8. The number of hydrogen-bond acceptors (Lipinski definition) is 26. The Morgan fingerprint density at radius 1 is 0.448 bits per heavy atom. The number of phenolic OH excluding ortho intramolecular Hbond substituents is 13. The Bertz CT molecular complexity index is 3320. The Labute approximate surface area is 366 Å². The first kappa shape index (κ1) is 42.9. The summed E-state index contributed by atoms with van der Waals surface area (Å²) in [6.07, 6.45) is -11.9. The van der Waals surface area contributed by atoms with E-state index in [-0.39, 0.29) is 0 Å². The second-order valence-electron chi connectivity index (χ2n) is 14.8. The van der Waals surface area contributed by atoms with Crippen LogP contribution in [0.5, 0.6) is 86.2 Å². The summed E-state index contributed by atoms with van der Waals surface area (Å²) < 4.78 is 38.4. The molecule has 6 aromatic rings. The molecule has 0 spiro atoms. The predicted octanol–water partition coefficient (Wildman–Crippen LogP) is 1.76. The van der Waals surface area contributed by atoms with E-state index in [1.165, 1.54) is 0 Å². The maximum Gasteiger partial charge on any atom is 0.344 e. The lowest BCUT2D eigenvalue weighted by molar-refractivity contribution is -0.284. The van der Waals surface area contributed by atoms with Gasteiger partial charge in [-0.1, -0.05) is 0 Å². The molecule has 0 amide bonds. The van der Waals surface area contributed by atoms with Gasteiger partial charge >= 0.3 is 29.5 Å². The van der Waals surface area contributed by atoms with Gasteiger partial charge in [-0.3, -0.25) is 0 Å². The van der Waals surface area contributed by atoms with Crippen LogP contribution in [0.4, 0.5) is 0 Å². The van der Waals surface area contributed by atoms with Crippen LogP contribution in [0.15, 0.2) is 39.5 Å². The molecule has 1 aromatic heterocycles. The fourth-order valence-electron chi connectivity index (χ4n) is 7.77. The lowest BCUT2D eigenvalue weighted by Crippen LogP contribution is -2.62. The number of aliphatic hydroxyl groups excluding tert-OH is 1. The lowest BCUT2D eigenvalue weighted by atomic mass is 9.91. The number of aliphatic hydroxyl groups is 1. The second kappa shape index (κ2) is 14.8. The minimum Gasteiger partial charge on any atom is -0.504 e. The van der Waals surface area contributed by atoms with Crippen molar-refractivity contribution in [2.45, 2.75) is 30.7 Å². The topological polar surface area (TPSA) is 437 Å². The summed E-state index contributed by atoms with van der Waals surface area (Å²) in [7, 11) is 0. The summed E-state index contributed by atoms with van der Waals surface area (Å²) in [5, 5.41) is 149. The minimum absolute atomic E-state index is 0.435. The first-order valence-electron chi connectivity index (χ1n) is 18.7. The normalized spacial score (nSPS) is 20.4. The van der Waals surface area contributed by atoms with Gasteiger partial charge in [0, 0.05) is 28.0 Å². The quantitative estimate of drug-likeness (QED) is 0.0339. The molecule has 346 valence electrons. The van der Waals surface area contributed by atoms with Crippen molar-refractivity contribution in [2.24, 2.45) is 0 Å².